The van der Waals surface area contributed by atoms with Gasteiger partial charge in [-0.3, -0.25) is 14.4 Å². The zero-order chi connectivity index (χ0) is 30.1. The van der Waals surface area contributed by atoms with E-state index in [1.165, 1.54) is 13.2 Å². The fourth-order valence-electron chi connectivity index (χ4n) is 6.84. The number of ether oxygens (including phenoxy) is 3. The van der Waals surface area contributed by atoms with Gasteiger partial charge in [0.05, 0.1) is 30.6 Å². The molecule has 0 radical (unpaired) electrons. The molecule has 4 atom stereocenters. The number of carbonyl (C=O) groups is 3. The third kappa shape index (κ3) is 5.81. The normalized spacial score (nSPS) is 25.8. The number of allylic oxidation sites excluding steroid dienone is 1. The highest BCUT2D eigenvalue weighted by Crippen LogP contribution is 2.44. The summed E-state index contributed by atoms with van der Waals surface area (Å²) in [6, 6.07) is 15.7. The molecule has 0 heterocycles. The Hall–Kier alpha value is -4.40. The van der Waals surface area contributed by atoms with Gasteiger partial charge in [-0.15, -0.1) is 0 Å². The zero-order valence-electron chi connectivity index (χ0n) is 23.8. The summed E-state index contributed by atoms with van der Waals surface area (Å²) in [5.74, 6) is -3.64. The molecule has 3 aliphatic rings. The van der Waals surface area contributed by atoms with Crippen molar-refractivity contribution in [1.82, 2.24) is 5.32 Å². The molecule has 43 heavy (non-hydrogen) atoms. The van der Waals surface area contributed by atoms with Gasteiger partial charge in [-0.1, -0.05) is 54.6 Å². The summed E-state index contributed by atoms with van der Waals surface area (Å²) in [4.78, 5) is 38.0. The third-order valence-electron chi connectivity index (χ3n) is 9.09. The van der Waals surface area contributed by atoms with Crippen molar-refractivity contribution in [2.45, 2.75) is 50.9 Å². The SMILES string of the molecule is COc1cc(F)c(OC2CCC(C(=O)OCc3cccc4ccccc34)CC2)cc1C(=O)NC1C2C=C[C@@H](C2)C1C(=O)O. The first kappa shape index (κ1) is 28.7. The molecule has 0 aromatic heterocycles. The van der Waals surface area contributed by atoms with Crippen LogP contribution in [0.25, 0.3) is 10.8 Å². The largest absolute Gasteiger partial charge is 0.496 e. The van der Waals surface area contributed by atoms with Crippen LogP contribution in [0.15, 0.2) is 66.7 Å². The second-order valence-electron chi connectivity index (χ2n) is 11.6. The number of esters is 1. The number of halogens is 1. The summed E-state index contributed by atoms with van der Waals surface area (Å²) in [5.41, 5.74) is 1.02. The maximum Gasteiger partial charge on any atom is 0.309 e. The van der Waals surface area contributed by atoms with Crippen LogP contribution in [0.5, 0.6) is 11.5 Å². The Morgan fingerprint density at radius 3 is 2.47 bits per heavy atom. The van der Waals surface area contributed by atoms with Gasteiger partial charge in [0.15, 0.2) is 11.6 Å². The van der Waals surface area contributed by atoms with E-state index in [4.69, 9.17) is 14.2 Å². The lowest BCUT2D eigenvalue weighted by Gasteiger charge is -2.28. The summed E-state index contributed by atoms with van der Waals surface area (Å²) in [7, 11) is 1.34. The van der Waals surface area contributed by atoms with Gasteiger partial charge in [0, 0.05) is 12.1 Å². The molecule has 1 amide bonds. The number of hydrogen-bond donors (Lipinski definition) is 2. The number of nitrogens with one attached hydrogen (secondary N) is 1. The summed E-state index contributed by atoms with van der Waals surface area (Å²) in [5, 5.41) is 14.7. The molecule has 6 rings (SSSR count). The fourth-order valence-corrected chi connectivity index (χ4v) is 6.84. The zero-order valence-corrected chi connectivity index (χ0v) is 23.8. The first-order valence-electron chi connectivity index (χ1n) is 14.7. The standard InChI is InChI=1S/C34H34FNO7/c1-41-28-17-27(35)29(16-26(28)32(37)36-31-22-10-9-21(15-22)30(31)33(38)39)43-24-13-11-20(12-14-24)34(40)42-18-23-7-4-6-19-5-2-3-8-25(19)23/h2-10,16-17,20-22,24,30-31H,11-15,18H2,1H3,(H,36,37)(H,38,39)/t20?,21-,22?,24?,30?,31?/m0/s1. The lowest BCUT2D eigenvalue weighted by Crippen LogP contribution is -2.45. The topological polar surface area (TPSA) is 111 Å². The lowest BCUT2D eigenvalue weighted by atomic mass is 9.87. The van der Waals surface area contributed by atoms with Crippen LogP contribution in [0.2, 0.25) is 0 Å². The van der Waals surface area contributed by atoms with Crippen LogP contribution >= 0.6 is 0 Å². The quantitative estimate of drug-likeness (QED) is 0.245. The molecule has 8 nitrogen and oxygen atoms in total. The summed E-state index contributed by atoms with van der Waals surface area (Å²) >= 11 is 0. The minimum Gasteiger partial charge on any atom is -0.496 e. The van der Waals surface area contributed by atoms with Crippen molar-refractivity contribution in [3.05, 3.63) is 83.7 Å². The van der Waals surface area contributed by atoms with Crippen molar-refractivity contribution < 1.29 is 38.1 Å². The number of carboxylic acid groups (broad SMARTS) is 1. The van der Waals surface area contributed by atoms with E-state index in [2.05, 4.69) is 5.32 Å². The first-order chi connectivity index (χ1) is 20.8. The second kappa shape index (κ2) is 12.1. The number of fused-ring (bicyclic) bond motifs is 3. The molecule has 9 heteroatoms. The Labute approximate surface area is 248 Å². The van der Waals surface area contributed by atoms with E-state index in [1.807, 2.05) is 54.6 Å². The lowest BCUT2D eigenvalue weighted by molar-refractivity contribution is -0.151. The van der Waals surface area contributed by atoms with Gasteiger partial charge in [0.2, 0.25) is 0 Å². The molecular weight excluding hydrogens is 553 g/mol. The van der Waals surface area contributed by atoms with Crippen molar-refractivity contribution in [2.24, 2.45) is 23.7 Å². The number of rotatable bonds is 9. The number of carboxylic acids is 1. The predicted molar refractivity (Wildman–Crippen MR) is 156 cm³/mol. The molecule has 224 valence electrons. The van der Waals surface area contributed by atoms with E-state index in [0.717, 1.165) is 22.4 Å². The van der Waals surface area contributed by atoms with Crippen LogP contribution in [0.4, 0.5) is 4.39 Å². The molecule has 2 N–H and O–H groups in total. The van der Waals surface area contributed by atoms with Crippen LogP contribution in [0.1, 0.15) is 48.0 Å². The Balaban J connectivity index is 1.07. The van der Waals surface area contributed by atoms with Crippen LogP contribution in [-0.4, -0.2) is 42.2 Å². The monoisotopic (exact) mass is 587 g/mol. The Morgan fingerprint density at radius 2 is 1.70 bits per heavy atom. The molecule has 0 aliphatic heterocycles. The van der Waals surface area contributed by atoms with Crippen molar-refractivity contribution in [2.75, 3.05) is 7.11 Å². The average Bonchev–Trinajstić information content (AvgIpc) is 3.63. The van der Waals surface area contributed by atoms with Crippen LogP contribution in [-0.2, 0) is 20.9 Å². The maximum absolute atomic E-state index is 15.0. The van der Waals surface area contributed by atoms with Gasteiger partial charge >= 0.3 is 11.9 Å². The van der Waals surface area contributed by atoms with Crippen molar-refractivity contribution in [3.63, 3.8) is 0 Å². The smallest absolute Gasteiger partial charge is 0.309 e. The maximum atomic E-state index is 15.0. The number of methoxy groups -OCH3 is 1. The number of aliphatic carboxylic acids is 1. The van der Waals surface area contributed by atoms with Crippen LogP contribution in [0, 0.1) is 29.5 Å². The molecule has 2 bridgehead atoms. The summed E-state index contributed by atoms with van der Waals surface area (Å²) in [6.07, 6.45) is 6.32. The molecule has 0 saturated heterocycles. The number of amides is 1. The third-order valence-corrected chi connectivity index (χ3v) is 9.09. The second-order valence-corrected chi connectivity index (χ2v) is 11.6. The Kier molecular flexibility index (Phi) is 8.06. The molecule has 3 aromatic rings. The predicted octanol–water partition coefficient (Wildman–Crippen LogP) is 5.67. The first-order valence-corrected chi connectivity index (χ1v) is 14.7. The number of hydrogen-bond acceptors (Lipinski definition) is 6. The van der Waals surface area contributed by atoms with E-state index in [9.17, 15) is 19.5 Å². The van der Waals surface area contributed by atoms with Gasteiger partial charge in [-0.25, -0.2) is 4.39 Å². The van der Waals surface area contributed by atoms with E-state index < -0.39 is 29.7 Å². The van der Waals surface area contributed by atoms with Crippen molar-refractivity contribution in [1.29, 1.82) is 0 Å². The van der Waals surface area contributed by atoms with Gasteiger partial charge in [-0.05, 0) is 66.3 Å². The summed E-state index contributed by atoms with van der Waals surface area (Å²) < 4.78 is 31.9. The molecule has 2 fully saturated rings. The molecule has 3 aromatic carbocycles. The van der Waals surface area contributed by atoms with Crippen molar-refractivity contribution >= 4 is 28.6 Å². The number of benzene rings is 3. The molecule has 0 spiro atoms. The molecule has 3 aliphatic carbocycles. The summed E-state index contributed by atoms with van der Waals surface area (Å²) in [6.45, 7) is 0.199. The average molecular weight is 588 g/mol. The molecular formula is C34H34FNO7. The highest BCUT2D eigenvalue weighted by atomic mass is 19.1. The highest BCUT2D eigenvalue weighted by molar-refractivity contribution is 5.98. The van der Waals surface area contributed by atoms with E-state index in [1.54, 1.807) is 0 Å². The minimum atomic E-state index is -0.953. The van der Waals surface area contributed by atoms with E-state index in [0.29, 0.717) is 32.1 Å². The number of carbonyl (C=O) groups excluding carboxylic acids is 2. The highest BCUT2D eigenvalue weighted by Gasteiger charge is 2.49. The molecule has 2 saturated carbocycles. The van der Waals surface area contributed by atoms with Gasteiger partial charge in [0.1, 0.15) is 12.4 Å². The van der Waals surface area contributed by atoms with Crippen molar-refractivity contribution in [3.8, 4) is 11.5 Å². The van der Waals surface area contributed by atoms with Gasteiger partial charge in [-0.2, -0.15) is 0 Å². The van der Waals surface area contributed by atoms with E-state index in [-0.39, 0.29) is 53.5 Å². The van der Waals surface area contributed by atoms with Crippen LogP contribution in [0.3, 0.4) is 0 Å². The fraction of sp³-hybridized carbons (Fsp3) is 0.382. The molecule has 3 unspecified atom stereocenters. The Bertz CT molecular complexity index is 1570. The van der Waals surface area contributed by atoms with Gasteiger partial charge in [0.25, 0.3) is 5.91 Å². The van der Waals surface area contributed by atoms with E-state index >= 15 is 4.39 Å². The minimum absolute atomic E-state index is 0.0329. The van der Waals surface area contributed by atoms with Crippen LogP contribution < -0.4 is 14.8 Å². The van der Waals surface area contributed by atoms with Gasteiger partial charge < -0.3 is 24.6 Å². The Morgan fingerprint density at radius 1 is 0.953 bits per heavy atom.